The predicted octanol–water partition coefficient (Wildman–Crippen LogP) is 3.37. The number of halogens is 1. The minimum atomic E-state index is -0.0601. The Morgan fingerprint density at radius 3 is 2.74 bits per heavy atom. The van der Waals surface area contributed by atoms with Gasteiger partial charge >= 0.3 is 0 Å². The van der Waals surface area contributed by atoms with Crippen molar-refractivity contribution >= 4 is 45.7 Å². The molecule has 0 aliphatic rings. The standard InChI is InChI=1S/C12H12ClN3OS2/c1-8-15-16-12(19-8)14-11(17)7-18-6-9-2-4-10(13)5-3-9/h2-5H,6-7H2,1H3,(H,14,16,17). The second-order valence-corrected chi connectivity index (χ2v) is 6.40. The molecule has 7 heteroatoms. The third-order valence-corrected chi connectivity index (χ3v) is 4.20. The van der Waals surface area contributed by atoms with Gasteiger partial charge in [0.1, 0.15) is 5.01 Å². The molecule has 1 amide bonds. The molecule has 2 rings (SSSR count). The number of benzene rings is 1. The number of hydrogen-bond acceptors (Lipinski definition) is 5. The zero-order chi connectivity index (χ0) is 13.7. The third-order valence-electron chi connectivity index (χ3n) is 2.19. The number of nitrogens with one attached hydrogen (secondary N) is 1. The van der Waals surface area contributed by atoms with Crippen LogP contribution in [0.5, 0.6) is 0 Å². The summed E-state index contributed by atoms with van der Waals surface area (Å²) >= 11 is 8.72. The van der Waals surface area contributed by atoms with E-state index in [1.54, 1.807) is 11.8 Å². The van der Waals surface area contributed by atoms with E-state index in [1.807, 2.05) is 31.2 Å². The summed E-state index contributed by atoms with van der Waals surface area (Å²) in [6, 6.07) is 7.62. The van der Waals surface area contributed by atoms with Crippen molar-refractivity contribution < 1.29 is 4.79 Å². The quantitative estimate of drug-likeness (QED) is 0.919. The molecule has 0 radical (unpaired) electrons. The Morgan fingerprint density at radius 1 is 1.37 bits per heavy atom. The summed E-state index contributed by atoms with van der Waals surface area (Å²) in [7, 11) is 0. The molecule has 1 N–H and O–H groups in total. The molecule has 19 heavy (non-hydrogen) atoms. The summed E-state index contributed by atoms with van der Waals surface area (Å²) in [5.74, 6) is 1.11. The highest BCUT2D eigenvalue weighted by Gasteiger charge is 2.06. The molecule has 0 atom stereocenters. The van der Waals surface area contributed by atoms with Gasteiger partial charge in [-0.1, -0.05) is 35.1 Å². The van der Waals surface area contributed by atoms with Crippen LogP contribution in [0.25, 0.3) is 0 Å². The first-order valence-electron chi connectivity index (χ1n) is 5.55. The monoisotopic (exact) mass is 313 g/mol. The van der Waals surface area contributed by atoms with Crippen LogP contribution in [0.1, 0.15) is 10.6 Å². The van der Waals surface area contributed by atoms with Gasteiger partial charge in [0.2, 0.25) is 11.0 Å². The molecule has 1 aromatic carbocycles. The second kappa shape index (κ2) is 6.88. The van der Waals surface area contributed by atoms with Crippen LogP contribution in [0.3, 0.4) is 0 Å². The number of aromatic nitrogens is 2. The van der Waals surface area contributed by atoms with E-state index in [0.717, 1.165) is 21.3 Å². The van der Waals surface area contributed by atoms with Gasteiger partial charge in [-0.15, -0.1) is 22.0 Å². The van der Waals surface area contributed by atoms with E-state index in [4.69, 9.17) is 11.6 Å². The lowest BCUT2D eigenvalue weighted by Crippen LogP contribution is -2.13. The van der Waals surface area contributed by atoms with Crippen LogP contribution in [-0.2, 0) is 10.5 Å². The molecule has 0 spiro atoms. The Hall–Kier alpha value is -1.11. The highest BCUT2D eigenvalue weighted by Crippen LogP contribution is 2.17. The molecule has 0 unspecified atom stereocenters. The molecule has 0 bridgehead atoms. The minimum absolute atomic E-state index is 0.0601. The van der Waals surface area contributed by atoms with E-state index in [0.29, 0.717) is 10.9 Å². The average Bonchev–Trinajstić information content (AvgIpc) is 2.77. The number of aryl methyl sites for hydroxylation is 1. The lowest BCUT2D eigenvalue weighted by atomic mass is 10.2. The summed E-state index contributed by atoms with van der Waals surface area (Å²) in [4.78, 5) is 11.7. The normalized spacial score (nSPS) is 10.4. The summed E-state index contributed by atoms with van der Waals surface area (Å²) in [5, 5.41) is 12.5. The largest absolute Gasteiger partial charge is 0.300 e. The van der Waals surface area contributed by atoms with E-state index >= 15 is 0 Å². The van der Waals surface area contributed by atoms with Gasteiger partial charge in [0.25, 0.3) is 0 Å². The molecular weight excluding hydrogens is 302 g/mol. The molecule has 1 heterocycles. The lowest BCUT2D eigenvalue weighted by Gasteiger charge is -2.02. The first-order valence-corrected chi connectivity index (χ1v) is 7.90. The van der Waals surface area contributed by atoms with Crippen LogP contribution < -0.4 is 5.32 Å². The number of carbonyl (C=O) groups excluding carboxylic acids is 1. The molecule has 0 aliphatic heterocycles. The van der Waals surface area contributed by atoms with Crippen molar-refractivity contribution in [2.75, 3.05) is 11.1 Å². The van der Waals surface area contributed by atoms with Crippen molar-refractivity contribution in [1.29, 1.82) is 0 Å². The van der Waals surface area contributed by atoms with Crippen LogP contribution in [-0.4, -0.2) is 21.9 Å². The minimum Gasteiger partial charge on any atom is -0.300 e. The summed E-state index contributed by atoms with van der Waals surface area (Å²) in [5.41, 5.74) is 1.15. The second-order valence-electron chi connectivity index (χ2n) is 3.79. The molecule has 0 saturated carbocycles. The van der Waals surface area contributed by atoms with Gasteiger partial charge in [0.05, 0.1) is 5.75 Å². The van der Waals surface area contributed by atoms with Crippen molar-refractivity contribution in [1.82, 2.24) is 10.2 Å². The van der Waals surface area contributed by atoms with Crippen molar-refractivity contribution in [3.05, 3.63) is 39.9 Å². The molecule has 0 aliphatic carbocycles. The maximum Gasteiger partial charge on any atom is 0.236 e. The molecule has 0 fully saturated rings. The summed E-state index contributed by atoms with van der Waals surface area (Å²) < 4.78 is 0. The molecule has 2 aromatic rings. The van der Waals surface area contributed by atoms with Gasteiger partial charge < -0.3 is 0 Å². The Morgan fingerprint density at radius 2 is 2.11 bits per heavy atom. The van der Waals surface area contributed by atoms with Crippen LogP contribution in [0.4, 0.5) is 5.13 Å². The van der Waals surface area contributed by atoms with E-state index in [1.165, 1.54) is 11.3 Å². The number of carbonyl (C=O) groups is 1. The predicted molar refractivity (Wildman–Crippen MR) is 80.9 cm³/mol. The van der Waals surface area contributed by atoms with E-state index in [-0.39, 0.29) is 5.91 Å². The van der Waals surface area contributed by atoms with Crippen LogP contribution in [0.2, 0.25) is 5.02 Å². The summed E-state index contributed by atoms with van der Waals surface area (Å²) in [6.07, 6.45) is 0. The van der Waals surface area contributed by atoms with E-state index in [2.05, 4.69) is 15.5 Å². The van der Waals surface area contributed by atoms with Crippen molar-refractivity contribution in [3.63, 3.8) is 0 Å². The van der Waals surface area contributed by atoms with E-state index in [9.17, 15) is 4.79 Å². The smallest absolute Gasteiger partial charge is 0.236 e. The number of rotatable bonds is 5. The fraction of sp³-hybridized carbons (Fsp3) is 0.250. The van der Waals surface area contributed by atoms with Crippen molar-refractivity contribution in [2.24, 2.45) is 0 Å². The van der Waals surface area contributed by atoms with Gasteiger partial charge in [0.15, 0.2) is 0 Å². The number of nitrogens with zero attached hydrogens (tertiary/aromatic N) is 2. The zero-order valence-electron chi connectivity index (χ0n) is 10.2. The topological polar surface area (TPSA) is 54.9 Å². The number of thioether (sulfide) groups is 1. The number of anilines is 1. The molecule has 100 valence electrons. The first kappa shape index (κ1) is 14.3. The summed E-state index contributed by atoms with van der Waals surface area (Å²) in [6.45, 7) is 1.85. The highest BCUT2D eigenvalue weighted by atomic mass is 35.5. The molecule has 1 aromatic heterocycles. The Kier molecular flexibility index (Phi) is 5.18. The van der Waals surface area contributed by atoms with Crippen LogP contribution >= 0.6 is 34.7 Å². The SMILES string of the molecule is Cc1nnc(NC(=O)CSCc2ccc(Cl)cc2)s1. The lowest BCUT2D eigenvalue weighted by molar-refractivity contribution is -0.113. The highest BCUT2D eigenvalue weighted by molar-refractivity contribution is 7.99. The van der Waals surface area contributed by atoms with Crippen molar-refractivity contribution in [2.45, 2.75) is 12.7 Å². The number of hydrogen-bond donors (Lipinski definition) is 1. The molecular formula is C12H12ClN3OS2. The maximum atomic E-state index is 11.7. The van der Waals surface area contributed by atoms with Gasteiger partial charge in [-0.05, 0) is 24.6 Å². The van der Waals surface area contributed by atoms with E-state index < -0.39 is 0 Å². The first-order chi connectivity index (χ1) is 9.13. The van der Waals surface area contributed by atoms with Crippen LogP contribution in [0, 0.1) is 6.92 Å². The Balaban J connectivity index is 1.73. The van der Waals surface area contributed by atoms with Gasteiger partial charge in [0, 0.05) is 10.8 Å². The number of amides is 1. The van der Waals surface area contributed by atoms with Crippen LogP contribution in [0.15, 0.2) is 24.3 Å². The fourth-order valence-corrected chi connectivity index (χ4v) is 2.87. The Bertz CT molecular complexity index is 556. The molecule has 0 saturated heterocycles. The maximum absolute atomic E-state index is 11.7. The third kappa shape index (κ3) is 4.81. The van der Waals surface area contributed by atoms with Gasteiger partial charge in [-0.2, -0.15) is 0 Å². The fourth-order valence-electron chi connectivity index (χ4n) is 1.34. The average molecular weight is 314 g/mol. The van der Waals surface area contributed by atoms with Gasteiger partial charge in [-0.25, -0.2) is 0 Å². The van der Waals surface area contributed by atoms with Crippen molar-refractivity contribution in [3.8, 4) is 0 Å². The molecule has 4 nitrogen and oxygen atoms in total. The van der Waals surface area contributed by atoms with Gasteiger partial charge in [-0.3, -0.25) is 10.1 Å². The Labute approximate surface area is 124 Å². The zero-order valence-corrected chi connectivity index (χ0v) is 12.6.